The van der Waals surface area contributed by atoms with E-state index in [9.17, 15) is 4.79 Å². The van der Waals surface area contributed by atoms with Gasteiger partial charge in [-0.1, -0.05) is 11.6 Å². The van der Waals surface area contributed by atoms with Crippen molar-refractivity contribution in [1.82, 2.24) is 9.80 Å². The number of likely N-dealkylation sites (tertiary alicyclic amines) is 1. The van der Waals surface area contributed by atoms with Crippen LogP contribution in [0, 0.1) is 0 Å². The average molecular weight is 370 g/mol. The van der Waals surface area contributed by atoms with Gasteiger partial charge < -0.3 is 24.6 Å². The molecule has 1 saturated heterocycles. The molecule has 1 aliphatic heterocycles. The lowest BCUT2D eigenvalue weighted by molar-refractivity contribution is 0.143. The van der Waals surface area contributed by atoms with Crippen LogP contribution in [0.15, 0.2) is 18.2 Å². The highest BCUT2D eigenvalue weighted by atomic mass is 35.5. The first-order valence-corrected chi connectivity index (χ1v) is 9.10. The molecule has 6 nitrogen and oxygen atoms in total. The normalized spacial score (nSPS) is 17.2. The van der Waals surface area contributed by atoms with Gasteiger partial charge in [0.25, 0.3) is 0 Å². The van der Waals surface area contributed by atoms with Gasteiger partial charge in [-0.2, -0.15) is 0 Å². The van der Waals surface area contributed by atoms with E-state index in [2.05, 4.69) is 17.3 Å². The Morgan fingerprint density at radius 1 is 1.48 bits per heavy atom. The first kappa shape index (κ1) is 19.8. The van der Waals surface area contributed by atoms with Crippen LogP contribution in [-0.4, -0.2) is 68.9 Å². The third kappa shape index (κ3) is 5.76. The SMILES string of the molecule is CCOc1ccc(NC(=O)N2CCCC2CN(C)CCOC)cc1Cl. The number of hydrogen-bond acceptors (Lipinski definition) is 4. The van der Waals surface area contributed by atoms with Crippen molar-refractivity contribution in [2.75, 3.05) is 52.3 Å². The van der Waals surface area contributed by atoms with Crippen molar-refractivity contribution < 1.29 is 14.3 Å². The van der Waals surface area contributed by atoms with Crippen LogP contribution in [0.4, 0.5) is 10.5 Å². The molecule has 0 aliphatic carbocycles. The van der Waals surface area contributed by atoms with Crippen LogP contribution in [-0.2, 0) is 4.74 Å². The summed E-state index contributed by atoms with van der Waals surface area (Å²) in [5.41, 5.74) is 0.678. The van der Waals surface area contributed by atoms with E-state index in [-0.39, 0.29) is 12.1 Å². The van der Waals surface area contributed by atoms with Gasteiger partial charge in [-0.15, -0.1) is 0 Å². The number of anilines is 1. The summed E-state index contributed by atoms with van der Waals surface area (Å²) in [4.78, 5) is 16.8. The molecule has 1 atom stereocenters. The molecule has 1 unspecified atom stereocenters. The van der Waals surface area contributed by atoms with E-state index < -0.39 is 0 Å². The fraction of sp³-hybridized carbons (Fsp3) is 0.611. The average Bonchev–Trinajstić information content (AvgIpc) is 3.03. The van der Waals surface area contributed by atoms with Crippen molar-refractivity contribution in [3.63, 3.8) is 0 Å². The minimum Gasteiger partial charge on any atom is -0.492 e. The van der Waals surface area contributed by atoms with Crippen LogP contribution in [0.2, 0.25) is 5.02 Å². The number of urea groups is 1. The standard InChI is InChI=1S/C18H28ClN3O3/c1-4-25-17-8-7-14(12-16(17)19)20-18(23)22-9-5-6-15(22)13-21(2)10-11-24-3/h7-8,12,15H,4-6,9-11,13H2,1-3H3,(H,20,23). The van der Waals surface area contributed by atoms with Crippen molar-refractivity contribution in [3.8, 4) is 5.75 Å². The zero-order valence-electron chi connectivity index (χ0n) is 15.3. The topological polar surface area (TPSA) is 54.0 Å². The first-order valence-electron chi connectivity index (χ1n) is 8.72. The Morgan fingerprint density at radius 3 is 2.96 bits per heavy atom. The predicted octanol–water partition coefficient (Wildman–Crippen LogP) is 3.31. The number of ether oxygens (including phenoxy) is 2. The lowest BCUT2D eigenvalue weighted by Crippen LogP contribution is -2.44. The molecule has 0 radical (unpaired) electrons. The van der Waals surface area contributed by atoms with E-state index in [1.807, 2.05) is 17.9 Å². The fourth-order valence-electron chi connectivity index (χ4n) is 3.04. The van der Waals surface area contributed by atoms with Crippen LogP contribution >= 0.6 is 11.6 Å². The Morgan fingerprint density at radius 2 is 2.28 bits per heavy atom. The smallest absolute Gasteiger partial charge is 0.322 e. The van der Waals surface area contributed by atoms with Crippen molar-refractivity contribution in [3.05, 3.63) is 23.2 Å². The summed E-state index contributed by atoms with van der Waals surface area (Å²) in [6.45, 7) is 5.64. The van der Waals surface area contributed by atoms with Crippen LogP contribution in [0.1, 0.15) is 19.8 Å². The quantitative estimate of drug-likeness (QED) is 0.763. The minimum atomic E-state index is -0.0807. The number of benzene rings is 1. The van der Waals surface area contributed by atoms with Crippen molar-refractivity contribution in [1.29, 1.82) is 0 Å². The second kappa shape index (κ2) is 9.85. The van der Waals surface area contributed by atoms with Crippen LogP contribution < -0.4 is 10.1 Å². The third-order valence-electron chi connectivity index (χ3n) is 4.32. The second-order valence-electron chi connectivity index (χ2n) is 6.25. The van der Waals surface area contributed by atoms with E-state index in [4.69, 9.17) is 21.1 Å². The third-order valence-corrected chi connectivity index (χ3v) is 4.62. The summed E-state index contributed by atoms with van der Waals surface area (Å²) >= 11 is 6.19. The molecule has 2 amide bonds. The van der Waals surface area contributed by atoms with Gasteiger partial charge in [-0.05, 0) is 45.0 Å². The Bertz CT molecular complexity index is 570. The molecule has 25 heavy (non-hydrogen) atoms. The maximum atomic E-state index is 12.6. The molecule has 140 valence electrons. The van der Waals surface area contributed by atoms with Gasteiger partial charge in [0.05, 0.1) is 18.2 Å². The van der Waals surface area contributed by atoms with Crippen molar-refractivity contribution in [2.45, 2.75) is 25.8 Å². The molecular formula is C18H28ClN3O3. The summed E-state index contributed by atoms with van der Waals surface area (Å²) < 4.78 is 10.5. The van der Waals surface area contributed by atoms with Gasteiger partial charge in [0.1, 0.15) is 5.75 Å². The summed E-state index contributed by atoms with van der Waals surface area (Å²) in [5.74, 6) is 0.626. The highest BCUT2D eigenvalue weighted by Crippen LogP contribution is 2.28. The monoisotopic (exact) mass is 369 g/mol. The number of rotatable bonds is 8. The Kier molecular flexibility index (Phi) is 7.81. The maximum Gasteiger partial charge on any atom is 0.322 e. The molecule has 1 aliphatic rings. The summed E-state index contributed by atoms with van der Waals surface area (Å²) in [5, 5.41) is 3.44. The van der Waals surface area contributed by atoms with Crippen LogP contribution in [0.5, 0.6) is 5.75 Å². The number of carbonyl (C=O) groups is 1. The molecule has 1 aromatic carbocycles. The minimum absolute atomic E-state index is 0.0807. The van der Waals surface area contributed by atoms with Crippen LogP contribution in [0.25, 0.3) is 0 Å². The number of amides is 2. The second-order valence-corrected chi connectivity index (χ2v) is 6.66. The molecular weight excluding hydrogens is 342 g/mol. The molecule has 2 rings (SSSR count). The molecule has 0 aromatic heterocycles. The van der Waals surface area contributed by atoms with Gasteiger partial charge in [-0.3, -0.25) is 0 Å². The van der Waals surface area contributed by atoms with Gasteiger partial charge in [0.2, 0.25) is 0 Å². The Balaban J connectivity index is 1.93. The first-order chi connectivity index (χ1) is 12.0. The van der Waals surface area contributed by atoms with Gasteiger partial charge >= 0.3 is 6.03 Å². The number of nitrogens with zero attached hydrogens (tertiary/aromatic N) is 2. The predicted molar refractivity (Wildman–Crippen MR) is 101 cm³/mol. The number of likely N-dealkylation sites (N-methyl/N-ethyl adjacent to an activating group) is 1. The lowest BCUT2D eigenvalue weighted by atomic mass is 10.2. The van der Waals surface area contributed by atoms with E-state index in [0.717, 1.165) is 32.5 Å². The number of halogens is 1. The maximum absolute atomic E-state index is 12.6. The molecule has 1 heterocycles. The summed E-state index contributed by atoms with van der Waals surface area (Å²) in [6, 6.07) is 5.45. The molecule has 7 heteroatoms. The van der Waals surface area contributed by atoms with E-state index in [1.54, 1.807) is 19.2 Å². The van der Waals surface area contributed by atoms with E-state index in [1.165, 1.54) is 0 Å². The zero-order valence-corrected chi connectivity index (χ0v) is 16.0. The van der Waals surface area contributed by atoms with Crippen molar-refractivity contribution >= 4 is 23.3 Å². The molecule has 0 bridgehead atoms. The Hall–Kier alpha value is -1.50. The number of methoxy groups -OCH3 is 1. The highest BCUT2D eigenvalue weighted by Gasteiger charge is 2.29. The van der Waals surface area contributed by atoms with Gasteiger partial charge in [0, 0.05) is 38.5 Å². The van der Waals surface area contributed by atoms with Crippen molar-refractivity contribution in [2.24, 2.45) is 0 Å². The van der Waals surface area contributed by atoms with E-state index >= 15 is 0 Å². The molecule has 1 N–H and O–H groups in total. The summed E-state index contributed by atoms with van der Waals surface area (Å²) in [6.07, 6.45) is 2.05. The zero-order chi connectivity index (χ0) is 18.2. The largest absolute Gasteiger partial charge is 0.492 e. The number of nitrogens with one attached hydrogen (secondary N) is 1. The number of carbonyl (C=O) groups excluding carboxylic acids is 1. The summed E-state index contributed by atoms with van der Waals surface area (Å²) in [7, 11) is 3.75. The Labute approximate surface area is 155 Å². The highest BCUT2D eigenvalue weighted by molar-refractivity contribution is 6.32. The fourth-order valence-corrected chi connectivity index (χ4v) is 3.27. The number of hydrogen-bond donors (Lipinski definition) is 1. The van der Waals surface area contributed by atoms with Gasteiger partial charge in [-0.25, -0.2) is 4.79 Å². The van der Waals surface area contributed by atoms with Gasteiger partial charge in [0.15, 0.2) is 0 Å². The molecule has 1 aromatic rings. The molecule has 0 saturated carbocycles. The van der Waals surface area contributed by atoms with Crippen LogP contribution in [0.3, 0.4) is 0 Å². The lowest BCUT2D eigenvalue weighted by Gasteiger charge is -2.28. The molecule has 1 fully saturated rings. The van der Waals surface area contributed by atoms with E-state index in [0.29, 0.717) is 29.7 Å². The molecule has 0 spiro atoms.